The van der Waals surface area contributed by atoms with E-state index in [0.29, 0.717) is 47.9 Å². The molecule has 1 aliphatic heterocycles. The molecular formula is C46H44Cl2N6O4. The number of nitrogens with zero attached hydrogens (tertiary/aromatic N) is 6. The lowest BCUT2D eigenvalue weighted by Gasteiger charge is -2.35. The first-order valence-corrected chi connectivity index (χ1v) is 20.1. The van der Waals surface area contributed by atoms with Gasteiger partial charge in [-0.1, -0.05) is 29.3 Å². The summed E-state index contributed by atoms with van der Waals surface area (Å²) in [7, 11) is 0. The van der Waals surface area contributed by atoms with Crippen LogP contribution in [0.5, 0.6) is 5.75 Å². The van der Waals surface area contributed by atoms with E-state index in [1.807, 2.05) is 95.0 Å². The number of halogens is 2. The van der Waals surface area contributed by atoms with Crippen molar-refractivity contribution in [2.45, 2.75) is 73.9 Å². The molecule has 1 N–H and O–H groups in total. The van der Waals surface area contributed by atoms with Gasteiger partial charge in [0.15, 0.2) is 0 Å². The Labute approximate surface area is 347 Å². The molecule has 1 amide bonds. The highest BCUT2D eigenvalue weighted by molar-refractivity contribution is 6.35. The fourth-order valence-corrected chi connectivity index (χ4v) is 9.04. The first-order valence-electron chi connectivity index (χ1n) is 19.4. The number of aromatic carboxylic acids is 1. The molecule has 4 aromatic heterocycles. The fourth-order valence-electron chi connectivity index (χ4n) is 8.69. The van der Waals surface area contributed by atoms with Gasteiger partial charge in [0.1, 0.15) is 23.5 Å². The number of aryl methyl sites for hydroxylation is 7. The summed E-state index contributed by atoms with van der Waals surface area (Å²) in [6, 6.07) is 17.1. The summed E-state index contributed by atoms with van der Waals surface area (Å²) in [5.74, 6) is -0.491. The largest absolute Gasteiger partial charge is 0.494 e. The standard InChI is InChI=1S/C46H44Cl2N6O4/c1-24-12-13-49-32(16-24)22-52-38(46(56)57)20-31-15-25(2)17-37(42(31)52)53-21-28(5)54-43-35(10-11-36(47)40(43)39-29(6)50-23-51-30(39)7)34(44(54)45(53)55)9-8-14-58-33-18-26(3)41(48)27(4)19-33/h10-13,15-20,23,28H,8-9,14,21-22H2,1-7H3,(H,56,57). The van der Waals surface area contributed by atoms with Crippen LogP contribution in [0.15, 0.2) is 67.1 Å². The van der Waals surface area contributed by atoms with Crippen LogP contribution in [0, 0.1) is 41.5 Å². The van der Waals surface area contributed by atoms with Gasteiger partial charge in [0.2, 0.25) is 0 Å². The van der Waals surface area contributed by atoms with Gasteiger partial charge in [0.25, 0.3) is 5.91 Å². The average Bonchev–Trinajstić information content (AvgIpc) is 3.70. The molecule has 0 saturated carbocycles. The van der Waals surface area contributed by atoms with E-state index in [1.165, 1.54) is 0 Å². The highest BCUT2D eigenvalue weighted by atomic mass is 35.5. The number of ether oxygens (including phenoxy) is 1. The number of carboxylic acid groups (broad SMARTS) is 1. The molecule has 8 rings (SSSR count). The molecule has 1 aliphatic rings. The maximum absolute atomic E-state index is 15.5. The summed E-state index contributed by atoms with van der Waals surface area (Å²) in [5, 5.41) is 13.4. The highest BCUT2D eigenvalue weighted by Crippen LogP contribution is 2.45. The number of carboxylic acids is 1. The zero-order valence-corrected chi connectivity index (χ0v) is 35.1. The molecule has 0 radical (unpaired) electrons. The molecule has 296 valence electrons. The molecular weight excluding hydrogens is 771 g/mol. The van der Waals surface area contributed by atoms with Crippen molar-refractivity contribution in [2.75, 3.05) is 18.1 Å². The Bertz CT molecular complexity index is 2780. The van der Waals surface area contributed by atoms with Gasteiger partial charge in [-0.25, -0.2) is 14.8 Å². The van der Waals surface area contributed by atoms with Crippen LogP contribution in [-0.4, -0.2) is 54.2 Å². The molecule has 3 aromatic carbocycles. The number of carbonyl (C=O) groups is 2. The molecule has 0 saturated heterocycles. The van der Waals surface area contributed by atoms with E-state index in [1.54, 1.807) is 23.2 Å². The molecule has 7 aromatic rings. The molecule has 0 bridgehead atoms. The third kappa shape index (κ3) is 6.78. The SMILES string of the molecule is Cc1ccnc(Cn2c(C(=O)O)cc3cc(C)cc(N4CC(C)n5c(c(CCCOc6cc(C)c(Cl)c(C)c6)c6ccc(Cl)c(-c7c(C)ncnc7C)c65)C4=O)c32)c1. The number of carbonyl (C=O) groups excluding carboxylic acids is 1. The Kier molecular flexibility index (Phi) is 10.3. The minimum absolute atomic E-state index is 0.124. The van der Waals surface area contributed by atoms with Crippen LogP contribution in [-0.2, 0) is 13.0 Å². The first kappa shape index (κ1) is 39.1. The molecule has 0 aliphatic carbocycles. The van der Waals surface area contributed by atoms with Crippen molar-refractivity contribution in [2.24, 2.45) is 0 Å². The van der Waals surface area contributed by atoms with Gasteiger partial charge in [0, 0.05) is 57.1 Å². The Morgan fingerprint density at radius 3 is 2.29 bits per heavy atom. The number of anilines is 1. The van der Waals surface area contributed by atoms with E-state index < -0.39 is 5.97 Å². The van der Waals surface area contributed by atoms with Gasteiger partial charge in [-0.2, -0.15) is 0 Å². The monoisotopic (exact) mass is 814 g/mol. The van der Waals surface area contributed by atoms with Crippen LogP contribution in [0.4, 0.5) is 5.69 Å². The second-order valence-electron chi connectivity index (χ2n) is 15.5. The number of amides is 1. The lowest BCUT2D eigenvalue weighted by atomic mass is 9.97. The molecule has 5 heterocycles. The van der Waals surface area contributed by atoms with E-state index in [0.717, 1.165) is 83.1 Å². The summed E-state index contributed by atoms with van der Waals surface area (Å²) in [6.07, 6.45) is 4.45. The van der Waals surface area contributed by atoms with Crippen molar-refractivity contribution in [3.8, 4) is 16.9 Å². The predicted octanol–water partition coefficient (Wildman–Crippen LogP) is 10.6. The zero-order chi connectivity index (χ0) is 41.2. The number of hydrogen-bond donors (Lipinski definition) is 1. The molecule has 58 heavy (non-hydrogen) atoms. The van der Waals surface area contributed by atoms with Crippen molar-refractivity contribution >= 4 is 62.6 Å². The Morgan fingerprint density at radius 2 is 1.60 bits per heavy atom. The highest BCUT2D eigenvalue weighted by Gasteiger charge is 2.38. The molecule has 0 spiro atoms. The van der Waals surface area contributed by atoms with Crippen molar-refractivity contribution < 1.29 is 19.4 Å². The Balaban J connectivity index is 1.30. The summed E-state index contributed by atoms with van der Waals surface area (Å²) >= 11 is 13.6. The fraction of sp³-hybridized carbons (Fsp3) is 0.283. The quantitative estimate of drug-likeness (QED) is 0.137. The predicted molar refractivity (Wildman–Crippen MR) is 230 cm³/mol. The number of rotatable bonds is 10. The minimum Gasteiger partial charge on any atom is -0.494 e. The van der Waals surface area contributed by atoms with Crippen LogP contribution >= 0.6 is 23.2 Å². The van der Waals surface area contributed by atoms with Crippen LogP contribution in [0.25, 0.3) is 32.9 Å². The number of fused-ring (bicyclic) bond motifs is 4. The number of hydrogen-bond acceptors (Lipinski definition) is 6. The lowest BCUT2D eigenvalue weighted by molar-refractivity contribution is 0.0686. The molecule has 10 nitrogen and oxygen atoms in total. The molecule has 12 heteroatoms. The summed E-state index contributed by atoms with van der Waals surface area (Å²) < 4.78 is 10.2. The third-order valence-electron chi connectivity index (χ3n) is 11.2. The molecule has 1 atom stereocenters. The second kappa shape index (κ2) is 15.2. The average molecular weight is 816 g/mol. The van der Waals surface area contributed by atoms with E-state index in [4.69, 9.17) is 27.9 Å². The third-order valence-corrected chi connectivity index (χ3v) is 12.1. The van der Waals surface area contributed by atoms with E-state index in [2.05, 4.69) is 26.4 Å². The Morgan fingerprint density at radius 1 is 0.879 bits per heavy atom. The van der Waals surface area contributed by atoms with E-state index in [-0.39, 0.29) is 24.2 Å². The summed E-state index contributed by atoms with van der Waals surface area (Å²) in [6.45, 7) is 14.8. The van der Waals surface area contributed by atoms with Crippen molar-refractivity contribution in [3.05, 3.63) is 133 Å². The normalized spacial score (nSPS) is 14.1. The maximum atomic E-state index is 15.5. The minimum atomic E-state index is -1.06. The van der Waals surface area contributed by atoms with Gasteiger partial charge < -0.3 is 23.9 Å². The zero-order valence-electron chi connectivity index (χ0n) is 33.6. The smallest absolute Gasteiger partial charge is 0.352 e. The van der Waals surface area contributed by atoms with Crippen LogP contribution < -0.4 is 9.64 Å². The molecule has 0 fully saturated rings. The van der Waals surface area contributed by atoms with Crippen LogP contribution in [0.3, 0.4) is 0 Å². The van der Waals surface area contributed by atoms with Crippen LogP contribution in [0.1, 0.15) is 85.3 Å². The van der Waals surface area contributed by atoms with Crippen LogP contribution in [0.2, 0.25) is 10.0 Å². The van der Waals surface area contributed by atoms with Gasteiger partial charge in [-0.05, 0) is 138 Å². The van der Waals surface area contributed by atoms with Gasteiger partial charge >= 0.3 is 5.97 Å². The number of pyridine rings is 1. The van der Waals surface area contributed by atoms with E-state index >= 15 is 4.79 Å². The summed E-state index contributed by atoms with van der Waals surface area (Å²) in [5.41, 5.74) is 11.5. The van der Waals surface area contributed by atoms with Gasteiger partial charge in [-0.3, -0.25) is 9.78 Å². The second-order valence-corrected chi connectivity index (χ2v) is 16.3. The summed E-state index contributed by atoms with van der Waals surface area (Å²) in [4.78, 5) is 43.7. The lowest BCUT2D eigenvalue weighted by Crippen LogP contribution is -2.43. The number of aromatic nitrogens is 5. The molecule has 1 unspecified atom stereocenters. The first-order chi connectivity index (χ1) is 27.7. The topological polar surface area (TPSA) is 115 Å². The van der Waals surface area contributed by atoms with Gasteiger partial charge in [0.05, 0.1) is 40.6 Å². The maximum Gasteiger partial charge on any atom is 0.352 e. The van der Waals surface area contributed by atoms with Gasteiger partial charge in [-0.15, -0.1) is 0 Å². The number of benzene rings is 3. The van der Waals surface area contributed by atoms with Crippen molar-refractivity contribution in [1.29, 1.82) is 0 Å². The van der Waals surface area contributed by atoms with E-state index in [9.17, 15) is 9.90 Å². The van der Waals surface area contributed by atoms with Crippen molar-refractivity contribution in [1.82, 2.24) is 24.1 Å². The van der Waals surface area contributed by atoms with Crippen molar-refractivity contribution in [3.63, 3.8) is 0 Å². The Hall–Kier alpha value is -5.71.